The SMILES string of the molecule is O=[PH2]C(O)(CCCNc1nc(Nc2ccccc2)c2ncn(Cc3cccc(O)c3)c2n1)P(=O)(O)O. The molecular weight excluding hydrogens is 506 g/mol. The van der Waals surface area contributed by atoms with Gasteiger partial charge in [0.1, 0.15) is 14.2 Å². The number of hydrogen-bond acceptors (Lipinski definition) is 9. The van der Waals surface area contributed by atoms with Gasteiger partial charge in [0, 0.05) is 12.2 Å². The molecule has 190 valence electrons. The molecule has 0 spiro atoms. The molecule has 2 atom stereocenters. The molecular formula is C22H26N6O6P2. The van der Waals surface area contributed by atoms with Crippen molar-refractivity contribution in [2.75, 3.05) is 17.2 Å². The Morgan fingerprint density at radius 1 is 1.08 bits per heavy atom. The van der Waals surface area contributed by atoms with Gasteiger partial charge in [-0.1, -0.05) is 30.3 Å². The monoisotopic (exact) mass is 532 g/mol. The van der Waals surface area contributed by atoms with E-state index in [1.807, 2.05) is 36.4 Å². The zero-order valence-corrected chi connectivity index (χ0v) is 21.1. The predicted molar refractivity (Wildman–Crippen MR) is 137 cm³/mol. The van der Waals surface area contributed by atoms with E-state index in [4.69, 9.17) is 0 Å². The fourth-order valence-corrected chi connectivity index (χ4v) is 4.88. The summed E-state index contributed by atoms with van der Waals surface area (Å²) >= 11 is 0. The summed E-state index contributed by atoms with van der Waals surface area (Å²) in [7, 11) is -7.03. The van der Waals surface area contributed by atoms with E-state index in [1.54, 1.807) is 29.1 Å². The second-order valence-electron chi connectivity index (χ2n) is 8.17. The maximum absolute atomic E-state index is 11.5. The minimum absolute atomic E-state index is 0.113. The minimum Gasteiger partial charge on any atom is -0.508 e. The van der Waals surface area contributed by atoms with Crippen molar-refractivity contribution in [1.82, 2.24) is 19.5 Å². The molecule has 6 N–H and O–H groups in total. The average Bonchev–Trinajstić information content (AvgIpc) is 3.24. The first-order valence-corrected chi connectivity index (χ1v) is 13.7. The number of para-hydroxylation sites is 1. The van der Waals surface area contributed by atoms with Crippen LogP contribution in [0.2, 0.25) is 0 Å². The number of fused-ring (bicyclic) bond motifs is 1. The van der Waals surface area contributed by atoms with Gasteiger partial charge in [-0.2, -0.15) is 9.97 Å². The van der Waals surface area contributed by atoms with Gasteiger partial charge in [-0.25, -0.2) is 4.98 Å². The van der Waals surface area contributed by atoms with Gasteiger partial charge in [-0.05, 0) is 42.7 Å². The van der Waals surface area contributed by atoms with Gasteiger partial charge in [-0.15, -0.1) is 0 Å². The Labute approximate surface area is 207 Å². The van der Waals surface area contributed by atoms with Crippen molar-refractivity contribution in [2.45, 2.75) is 24.5 Å². The van der Waals surface area contributed by atoms with E-state index in [9.17, 15) is 29.1 Å². The van der Waals surface area contributed by atoms with Crippen LogP contribution in [0, 0.1) is 0 Å². The fourth-order valence-electron chi connectivity index (χ4n) is 3.56. The highest BCUT2D eigenvalue weighted by Gasteiger charge is 2.43. The highest BCUT2D eigenvalue weighted by molar-refractivity contribution is 7.63. The molecule has 36 heavy (non-hydrogen) atoms. The normalized spacial score (nSPS) is 13.8. The topological polar surface area (TPSA) is 183 Å². The Bertz CT molecular complexity index is 1410. The van der Waals surface area contributed by atoms with Gasteiger partial charge in [0.25, 0.3) is 0 Å². The first-order valence-electron chi connectivity index (χ1n) is 11.0. The standard InChI is InChI=1S/C22H26N6O6P2/c29-17-9-4-6-15(12-17)13-28-14-24-18-19(25-16-7-2-1-3-8-16)26-21(27-20(18)28)23-11-5-10-22(30,35-31)36(32,33)34/h1-4,6-9,12,14,29-30H,5,10-11,13,35H2,(H2,32,33,34)(H2,23,25,26,27). The molecule has 0 bridgehead atoms. The number of imidazole rings is 1. The van der Waals surface area contributed by atoms with Gasteiger partial charge >= 0.3 is 7.60 Å². The van der Waals surface area contributed by atoms with Gasteiger partial charge in [0.2, 0.25) is 11.0 Å². The molecule has 0 saturated carbocycles. The van der Waals surface area contributed by atoms with Crippen molar-refractivity contribution in [3.05, 3.63) is 66.5 Å². The van der Waals surface area contributed by atoms with Crippen molar-refractivity contribution in [1.29, 1.82) is 0 Å². The van der Waals surface area contributed by atoms with Crippen LogP contribution in [-0.4, -0.2) is 51.1 Å². The number of aromatic hydroxyl groups is 1. The van der Waals surface area contributed by atoms with Crippen LogP contribution < -0.4 is 10.6 Å². The fraction of sp³-hybridized carbons (Fsp3) is 0.227. The van der Waals surface area contributed by atoms with Crippen LogP contribution in [-0.2, 0) is 15.7 Å². The molecule has 0 aliphatic carbocycles. The summed E-state index contributed by atoms with van der Waals surface area (Å²) in [5.41, 5.74) is 2.67. The van der Waals surface area contributed by atoms with Crippen molar-refractivity contribution in [3.63, 3.8) is 0 Å². The summed E-state index contributed by atoms with van der Waals surface area (Å²) in [6, 6.07) is 16.2. The number of phenolic OH excluding ortho intramolecular Hbond substituents is 1. The van der Waals surface area contributed by atoms with Crippen LogP contribution in [0.4, 0.5) is 17.5 Å². The summed E-state index contributed by atoms with van der Waals surface area (Å²) in [6.45, 7) is 0.562. The zero-order chi connectivity index (χ0) is 25.8. The highest BCUT2D eigenvalue weighted by Crippen LogP contribution is 2.57. The smallest absolute Gasteiger partial charge is 0.363 e. The third kappa shape index (κ3) is 5.92. The summed E-state index contributed by atoms with van der Waals surface area (Å²) in [4.78, 5) is 32.1. The number of anilines is 3. The quantitative estimate of drug-likeness (QED) is 0.123. The maximum Gasteiger partial charge on any atom is 0.363 e. The minimum atomic E-state index is -4.93. The van der Waals surface area contributed by atoms with Gasteiger partial charge in [-0.3, -0.25) is 4.57 Å². The molecule has 0 aliphatic rings. The van der Waals surface area contributed by atoms with Crippen molar-refractivity contribution in [2.24, 2.45) is 0 Å². The first-order chi connectivity index (χ1) is 17.2. The lowest BCUT2D eigenvalue weighted by Crippen LogP contribution is -2.22. The second-order valence-corrected chi connectivity index (χ2v) is 11.7. The molecule has 0 aliphatic heterocycles. The largest absolute Gasteiger partial charge is 0.508 e. The van der Waals surface area contributed by atoms with Crippen LogP contribution in [0.15, 0.2) is 60.9 Å². The highest BCUT2D eigenvalue weighted by atomic mass is 31.2. The number of hydrogen-bond donors (Lipinski definition) is 6. The second kappa shape index (κ2) is 10.8. The molecule has 2 aromatic heterocycles. The maximum atomic E-state index is 11.5. The lowest BCUT2D eigenvalue weighted by atomic mass is 10.2. The first kappa shape index (κ1) is 25.8. The van der Waals surface area contributed by atoms with Crippen LogP contribution in [0.3, 0.4) is 0 Å². The Kier molecular flexibility index (Phi) is 7.73. The number of benzene rings is 2. The molecule has 4 aromatic rings. The molecule has 0 saturated heterocycles. The molecule has 12 nitrogen and oxygen atoms in total. The van der Waals surface area contributed by atoms with E-state index < -0.39 is 21.1 Å². The van der Waals surface area contributed by atoms with Gasteiger partial charge in [0.05, 0.1) is 12.9 Å². The Hall–Kier alpha value is -3.27. The van der Waals surface area contributed by atoms with Crippen LogP contribution in [0.25, 0.3) is 11.2 Å². The molecule has 2 heterocycles. The molecule has 2 aromatic carbocycles. The molecule has 14 heteroatoms. The number of nitrogens with zero attached hydrogens (tertiary/aromatic N) is 4. The summed E-state index contributed by atoms with van der Waals surface area (Å²) in [6.07, 6.45) is 1.39. The van der Waals surface area contributed by atoms with Crippen molar-refractivity contribution < 1.29 is 29.1 Å². The van der Waals surface area contributed by atoms with E-state index in [2.05, 4.69) is 25.6 Å². The Balaban J connectivity index is 1.60. The van der Waals surface area contributed by atoms with Crippen molar-refractivity contribution >= 4 is 44.7 Å². The molecule has 0 radical (unpaired) electrons. The third-order valence-corrected chi connectivity index (χ3v) is 8.69. The lowest BCUT2D eigenvalue weighted by Gasteiger charge is -2.23. The average molecular weight is 532 g/mol. The van der Waals surface area contributed by atoms with Crippen molar-refractivity contribution in [3.8, 4) is 5.75 Å². The van der Waals surface area contributed by atoms with Crippen LogP contribution >= 0.6 is 16.1 Å². The molecule has 2 unspecified atom stereocenters. The molecule has 4 rings (SSSR count). The third-order valence-electron chi connectivity index (χ3n) is 5.46. The van der Waals surface area contributed by atoms with E-state index in [0.29, 0.717) is 23.5 Å². The van der Waals surface area contributed by atoms with Crippen LogP contribution in [0.5, 0.6) is 5.75 Å². The summed E-state index contributed by atoms with van der Waals surface area (Å²) in [5.74, 6) is 0.822. The number of rotatable bonds is 11. The molecule has 0 fully saturated rings. The Morgan fingerprint density at radius 3 is 2.56 bits per heavy atom. The molecule has 0 amide bonds. The predicted octanol–water partition coefficient (Wildman–Crippen LogP) is 3.10. The number of aliphatic hydroxyl groups is 1. The number of nitrogens with one attached hydrogen (secondary N) is 2. The van der Waals surface area contributed by atoms with Crippen LogP contribution in [0.1, 0.15) is 18.4 Å². The number of phenols is 1. The number of aromatic nitrogens is 4. The zero-order valence-electron chi connectivity index (χ0n) is 19.0. The Morgan fingerprint density at radius 2 is 1.86 bits per heavy atom. The summed E-state index contributed by atoms with van der Waals surface area (Å²) in [5, 5.41) is 23.5. The van der Waals surface area contributed by atoms with E-state index in [-0.39, 0.29) is 31.1 Å². The summed E-state index contributed by atoms with van der Waals surface area (Å²) < 4.78 is 24.6. The van der Waals surface area contributed by atoms with E-state index in [0.717, 1.165) is 11.3 Å². The van der Waals surface area contributed by atoms with Gasteiger partial charge in [0.15, 0.2) is 17.0 Å². The van der Waals surface area contributed by atoms with E-state index in [1.165, 1.54) is 0 Å². The lowest BCUT2D eigenvalue weighted by molar-refractivity contribution is 0.157. The van der Waals surface area contributed by atoms with E-state index >= 15 is 0 Å². The van der Waals surface area contributed by atoms with Gasteiger partial charge < -0.3 is 39.8 Å².